The number of aromatic amines is 1. The molecule has 4 rings (SSSR count). The van der Waals surface area contributed by atoms with Gasteiger partial charge in [-0.3, -0.25) is 10.1 Å². The molecule has 1 aliphatic heterocycles. The van der Waals surface area contributed by atoms with Gasteiger partial charge >= 0.3 is 6.09 Å². The van der Waals surface area contributed by atoms with Gasteiger partial charge in [0.05, 0.1) is 11.8 Å². The van der Waals surface area contributed by atoms with E-state index in [2.05, 4.69) is 20.5 Å². The maximum absolute atomic E-state index is 12.6. The van der Waals surface area contributed by atoms with Crippen molar-refractivity contribution in [3.8, 4) is 5.75 Å². The minimum absolute atomic E-state index is 0.0830. The Bertz CT molecular complexity index is 1190. The van der Waals surface area contributed by atoms with Crippen LogP contribution in [0.15, 0.2) is 65.6 Å². The first kappa shape index (κ1) is 23.7. The third kappa shape index (κ3) is 6.09. The summed E-state index contributed by atoms with van der Waals surface area (Å²) < 4.78 is 5.35. The van der Waals surface area contributed by atoms with Crippen LogP contribution in [0.3, 0.4) is 0 Å². The molecule has 1 aliphatic rings. The zero-order valence-electron chi connectivity index (χ0n) is 18.6. The van der Waals surface area contributed by atoms with Crippen molar-refractivity contribution in [1.29, 1.82) is 0 Å². The Morgan fingerprint density at radius 3 is 2.71 bits per heavy atom. The molecule has 1 amide bonds. The molecular formula is C25H27ClN4O4. The molecule has 0 radical (unpaired) electrons. The van der Waals surface area contributed by atoms with E-state index in [0.717, 1.165) is 31.6 Å². The monoisotopic (exact) mass is 482 g/mol. The number of amides is 1. The Balaban J connectivity index is 1.41. The molecule has 3 aromatic rings. The standard InChI is InChI=1S/C25H27ClN4O4/c26-18-7-4-6-17(14-18)22(31)16-28-21-10-11-27-24(32)23(21)34-25(33)29-19-8-5-9-20(15-19)30-12-2-1-3-13-30/h4-11,14-15,22,31H,1-3,12-13,16H2,(H,29,33)(H2,27,28,32)/t22-/m1/s1. The van der Waals surface area contributed by atoms with Crippen LogP contribution >= 0.6 is 11.6 Å². The summed E-state index contributed by atoms with van der Waals surface area (Å²) >= 11 is 5.99. The van der Waals surface area contributed by atoms with Crippen LogP contribution in [0, 0.1) is 0 Å². The number of nitrogens with one attached hydrogen (secondary N) is 3. The summed E-state index contributed by atoms with van der Waals surface area (Å²) in [5.74, 6) is -0.189. The highest BCUT2D eigenvalue weighted by Gasteiger charge is 2.17. The second kappa shape index (κ2) is 11.1. The fraction of sp³-hybridized carbons (Fsp3) is 0.280. The highest BCUT2D eigenvalue weighted by molar-refractivity contribution is 6.30. The van der Waals surface area contributed by atoms with Crippen molar-refractivity contribution < 1.29 is 14.6 Å². The number of anilines is 3. The lowest BCUT2D eigenvalue weighted by Gasteiger charge is -2.29. The van der Waals surface area contributed by atoms with Gasteiger partial charge < -0.3 is 25.0 Å². The summed E-state index contributed by atoms with van der Waals surface area (Å²) in [7, 11) is 0. The predicted molar refractivity (Wildman–Crippen MR) is 134 cm³/mol. The average Bonchev–Trinajstić information content (AvgIpc) is 2.85. The van der Waals surface area contributed by atoms with Gasteiger partial charge in [0, 0.05) is 42.2 Å². The molecule has 1 aromatic heterocycles. The van der Waals surface area contributed by atoms with Crippen LogP contribution in [-0.2, 0) is 0 Å². The number of carbonyl (C=O) groups is 1. The summed E-state index contributed by atoms with van der Waals surface area (Å²) in [5, 5.41) is 16.6. The molecule has 8 nitrogen and oxygen atoms in total. The summed E-state index contributed by atoms with van der Waals surface area (Å²) in [6, 6.07) is 16.0. The zero-order valence-corrected chi connectivity index (χ0v) is 19.3. The predicted octanol–water partition coefficient (Wildman–Crippen LogP) is 4.78. The highest BCUT2D eigenvalue weighted by atomic mass is 35.5. The van der Waals surface area contributed by atoms with Crippen molar-refractivity contribution in [3.63, 3.8) is 0 Å². The van der Waals surface area contributed by atoms with Gasteiger partial charge in [0.2, 0.25) is 5.75 Å². The maximum atomic E-state index is 12.6. The molecular weight excluding hydrogens is 456 g/mol. The molecule has 0 aliphatic carbocycles. The summed E-state index contributed by atoms with van der Waals surface area (Å²) in [5.41, 5.74) is 1.94. The van der Waals surface area contributed by atoms with E-state index in [9.17, 15) is 14.7 Å². The molecule has 178 valence electrons. The SMILES string of the molecule is O=C(Nc1cccc(N2CCCCC2)c1)Oc1c(NC[C@@H](O)c2cccc(Cl)c2)cc[nH]c1=O. The van der Waals surface area contributed by atoms with Crippen molar-refractivity contribution in [1.82, 2.24) is 4.98 Å². The van der Waals surface area contributed by atoms with Crippen molar-refractivity contribution in [3.05, 3.63) is 81.7 Å². The second-order valence-corrected chi connectivity index (χ2v) is 8.55. The van der Waals surface area contributed by atoms with E-state index in [4.69, 9.17) is 16.3 Å². The van der Waals surface area contributed by atoms with E-state index < -0.39 is 17.8 Å². The topological polar surface area (TPSA) is 107 Å². The van der Waals surface area contributed by atoms with Crippen molar-refractivity contribution >= 4 is 34.8 Å². The van der Waals surface area contributed by atoms with Crippen molar-refractivity contribution in [2.75, 3.05) is 35.2 Å². The molecule has 0 saturated carbocycles. The quantitative estimate of drug-likeness (QED) is 0.386. The number of H-pyrrole nitrogens is 1. The Kier molecular flexibility index (Phi) is 7.72. The number of aliphatic hydroxyl groups is 1. The van der Waals surface area contributed by atoms with Gasteiger partial charge in [-0.05, 0) is 61.2 Å². The van der Waals surface area contributed by atoms with Crippen molar-refractivity contribution in [2.24, 2.45) is 0 Å². The smallest absolute Gasteiger partial charge is 0.402 e. The summed E-state index contributed by atoms with van der Waals surface area (Å²) in [6.45, 7) is 2.06. The van der Waals surface area contributed by atoms with Crippen LogP contribution in [0.5, 0.6) is 5.75 Å². The minimum atomic E-state index is -0.878. The van der Waals surface area contributed by atoms with E-state index in [1.165, 1.54) is 12.6 Å². The van der Waals surface area contributed by atoms with E-state index in [1.54, 1.807) is 36.4 Å². The van der Waals surface area contributed by atoms with Crippen LogP contribution < -0.4 is 25.8 Å². The lowest BCUT2D eigenvalue weighted by molar-refractivity contribution is 0.191. The molecule has 0 spiro atoms. The third-order valence-corrected chi connectivity index (χ3v) is 5.88. The van der Waals surface area contributed by atoms with E-state index in [1.807, 2.05) is 18.2 Å². The Labute approximate surface area is 202 Å². The number of aliphatic hydroxyl groups excluding tert-OH is 1. The first-order chi connectivity index (χ1) is 16.5. The molecule has 1 fully saturated rings. The molecule has 34 heavy (non-hydrogen) atoms. The number of hydrogen-bond donors (Lipinski definition) is 4. The average molecular weight is 483 g/mol. The lowest BCUT2D eigenvalue weighted by Crippen LogP contribution is -2.29. The first-order valence-corrected chi connectivity index (χ1v) is 11.6. The summed E-state index contributed by atoms with van der Waals surface area (Å²) in [6.07, 6.45) is 3.31. The molecule has 4 N–H and O–H groups in total. The molecule has 9 heteroatoms. The van der Waals surface area contributed by atoms with Gasteiger partial charge in [0.15, 0.2) is 0 Å². The van der Waals surface area contributed by atoms with Gasteiger partial charge in [-0.1, -0.05) is 29.8 Å². The number of halogens is 1. The number of rotatable bonds is 7. The van der Waals surface area contributed by atoms with Gasteiger partial charge in [0.1, 0.15) is 0 Å². The van der Waals surface area contributed by atoms with Crippen LogP contribution in [-0.4, -0.2) is 35.8 Å². The lowest BCUT2D eigenvalue weighted by atomic mass is 10.1. The Morgan fingerprint density at radius 2 is 1.91 bits per heavy atom. The fourth-order valence-electron chi connectivity index (χ4n) is 3.91. The molecule has 1 atom stereocenters. The van der Waals surface area contributed by atoms with Crippen LogP contribution in [0.1, 0.15) is 30.9 Å². The van der Waals surface area contributed by atoms with E-state index in [0.29, 0.717) is 16.3 Å². The van der Waals surface area contributed by atoms with Crippen LogP contribution in [0.25, 0.3) is 0 Å². The molecule has 2 aromatic carbocycles. The molecule has 2 heterocycles. The molecule has 0 bridgehead atoms. The third-order valence-electron chi connectivity index (χ3n) is 5.64. The van der Waals surface area contributed by atoms with Gasteiger partial charge in [0.25, 0.3) is 5.56 Å². The summed E-state index contributed by atoms with van der Waals surface area (Å²) in [4.78, 5) is 29.7. The normalized spacial score (nSPS) is 14.4. The second-order valence-electron chi connectivity index (χ2n) is 8.11. The number of benzene rings is 2. The maximum Gasteiger partial charge on any atom is 0.417 e. The van der Waals surface area contributed by atoms with Crippen molar-refractivity contribution in [2.45, 2.75) is 25.4 Å². The number of carbonyl (C=O) groups excluding carboxylic acids is 1. The number of aromatic nitrogens is 1. The number of ether oxygens (including phenoxy) is 1. The number of hydrogen-bond acceptors (Lipinski definition) is 6. The number of piperidine rings is 1. The number of pyridine rings is 1. The van der Waals surface area contributed by atoms with Crippen LogP contribution in [0.2, 0.25) is 5.02 Å². The van der Waals surface area contributed by atoms with E-state index in [-0.39, 0.29) is 18.0 Å². The van der Waals surface area contributed by atoms with Crippen LogP contribution in [0.4, 0.5) is 21.9 Å². The minimum Gasteiger partial charge on any atom is -0.402 e. The Hall–Kier alpha value is -3.49. The first-order valence-electron chi connectivity index (χ1n) is 11.2. The van der Waals surface area contributed by atoms with Gasteiger partial charge in [-0.15, -0.1) is 0 Å². The number of nitrogens with zero attached hydrogens (tertiary/aromatic N) is 1. The fourth-order valence-corrected chi connectivity index (χ4v) is 4.11. The van der Waals surface area contributed by atoms with Gasteiger partial charge in [-0.25, -0.2) is 4.79 Å². The zero-order chi connectivity index (χ0) is 23.9. The largest absolute Gasteiger partial charge is 0.417 e. The van der Waals surface area contributed by atoms with Gasteiger partial charge in [-0.2, -0.15) is 0 Å². The van der Waals surface area contributed by atoms with E-state index >= 15 is 0 Å². The highest BCUT2D eigenvalue weighted by Crippen LogP contribution is 2.25. The molecule has 0 unspecified atom stereocenters. The molecule has 1 saturated heterocycles. The Morgan fingerprint density at radius 1 is 1.12 bits per heavy atom.